The van der Waals surface area contributed by atoms with Gasteiger partial charge < -0.3 is 11.5 Å². The van der Waals surface area contributed by atoms with Crippen LogP contribution in [0.5, 0.6) is 0 Å². The van der Waals surface area contributed by atoms with Gasteiger partial charge in [0.1, 0.15) is 5.71 Å². The molecule has 0 radical (unpaired) electrons. The lowest BCUT2D eigenvalue weighted by Crippen LogP contribution is -2.21. The molecule has 10 heavy (non-hydrogen) atoms. The van der Waals surface area contributed by atoms with Gasteiger partial charge in [-0.2, -0.15) is 0 Å². The van der Waals surface area contributed by atoms with Gasteiger partial charge in [0, 0.05) is 6.54 Å². The first-order valence-electron chi connectivity index (χ1n) is 2.95. The number of hydrogen-bond donors (Lipinski definition) is 2. The van der Waals surface area contributed by atoms with Gasteiger partial charge in [0.15, 0.2) is 0 Å². The Morgan fingerprint density at radius 1 is 1.70 bits per heavy atom. The van der Waals surface area contributed by atoms with Crippen LogP contribution in [-0.2, 0) is 4.79 Å². The summed E-state index contributed by atoms with van der Waals surface area (Å²) in [5, 5.41) is 0. The highest BCUT2D eigenvalue weighted by Gasteiger charge is 1.98. The topological polar surface area (TPSA) is 81.5 Å². The van der Waals surface area contributed by atoms with Crippen LogP contribution in [0.4, 0.5) is 0 Å². The van der Waals surface area contributed by atoms with E-state index in [2.05, 4.69) is 4.99 Å². The maximum atomic E-state index is 10.5. The van der Waals surface area contributed by atoms with Crippen molar-refractivity contribution >= 4 is 11.6 Å². The van der Waals surface area contributed by atoms with Crippen molar-refractivity contribution in [2.24, 2.45) is 16.5 Å². The fourth-order valence-corrected chi connectivity index (χ4v) is 0.474. The minimum atomic E-state index is -0.552. The number of nitrogens with two attached hydrogens (primary N) is 2. The Labute approximate surface area is 59.6 Å². The van der Waals surface area contributed by atoms with E-state index < -0.39 is 5.91 Å². The lowest BCUT2D eigenvalue weighted by molar-refractivity contribution is -0.111. The van der Waals surface area contributed by atoms with E-state index in [9.17, 15) is 4.79 Å². The van der Waals surface area contributed by atoms with Crippen LogP contribution in [0.15, 0.2) is 17.3 Å². The summed E-state index contributed by atoms with van der Waals surface area (Å²) in [6, 6.07) is 0. The molecule has 0 aromatic heterocycles. The summed E-state index contributed by atoms with van der Waals surface area (Å²) in [6.45, 7) is 2.34. The second-order valence-electron chi connectivity index (χ2n) is 1.58. The van der Waals surface area contributed by atoms with Crippen LogP contribution < -0.4 is 11.5 Å². The van der Waals surface area contributed by atoms with Crippen LogP contribution in [0.25, 0.3) is 0 Å². The maximum Gasteiger partial charge on any atom is 0.266 e. The molecule has 4 heteroatoms. The molecule has 56 valence electrons. The lowest BCUT2D eigenvalue weighted by atomic mass is 10.3. The number of amides is 1. The van der Waals surface area contributed by atoms with E-state index in [1.807, 2.05) is 6.92 Å². The Balaban J connectivity index is 4.26. The molecule has 4 N–H and O–H groups in total. The highest BCUT2D eigenvalue weighted by molar-refractivity contribution is 6.42. The van der Waals surface area contributed by atoms with Crippen molar-refractivity contribution in [3.8, 4) is 0 Å². The van der Waals surface area contributed by atoms with Crippen molar-refractivity contribution in [2.75, 3.05) is 6.54 Å². The minimum absolute atomic E-state index is 0.213. The first-order chi connectivity index (χ1) is 4.72. The first-order valence-corrected chi connectivity index (χ1v) is 2.95. The van der Waals surface area contributed by atoms with Crippen molar-refractivity contribution in [3.05, 3.63) is 12.3 Å². The number of carbonyl (C=O) groups is 1. The third-order valence-corrected chi connectivity index (χ3v) is 0.835. The van der Waals surface area contributed by atoms with E-state index in [1.165, 1.54) is 12.3 Å². The summed E-state index contributed by atoms with van der Waals surface area (Å²) in [6.07, 6.45) is 2.62. The third-order valence-electron chi connectivity index (χ3n) is 0.835. The van der Waals surface area contributed by atoms with Crippen molar-refractivity contribution in [3.63, 3.8) is 0 Å². The molecule has 0 spiro atoms. The molecule has 0 saturated carbocycles. The molecule has 0 saturated heterocycles. The standard InChI is InChI=1S/C6H11N3O/c1-2-9-5(3-4-7)6(8)10/h3-4H,2,7H2,1H3,(H2,8,10). The van der Waals surface area contributed by atoms with E-state index >= 15 is 0 Å². The predicted molar refractivity (Wildman–Crippen MR) is 40.5 cm³/mol. The number of primary amides is 1. The minimum Gasteiger partial charge on any atom is -0.405 e. The molecule has 0 rings (SSSR count). The van der Waals surface area contributed by atoms with Crippen molar-refractivity contribution < 1.29 is 4.79 Å². The van der Waals surface area contributed by atoms with Crippen molar-refractivity contribution in [2.45, 2.75) is 6.92 Å². The molecule has 1 amide bonds. The summed E-state index contributed by atoms with van der Waals surface area (Å²) in [5.74, 6) is -0.552. The monoisotopic (exact) mass is 141 g/mol. The Kier molecular flexibility index (Phi) is 3.95. The van der Waals surface area contributed by atoms with E-state index in [0.717, 1.165) is 0 Å². The zero-order chi connectivity index (χ0) is 7.98. The number of nitrogens with zero attached hydrogens (tertiary/aromatic N) is 1. The van der Waals surface area contributed by atoms with Gasteiger partial charge in [-0.1, -0.05) is 0 Å². The van der Waals surface area contributed by atoms with E-state index in [0.29, 0.717) is 6.54 Å². The second-order valence-corrected chi connectivity index (χ2v) is 1.58. The van der Waals surface area contributed by atoms with Gasteiger partial charge in [-0.3, -0.25) is 9.79 Å². The van der Waals surface area contributed by atoms with Gasteiger partial charge in [-0.25, -0.2) is 0 Å². The molecule has 0 aliphatic heterocycles. The van der Waals surface area contributed by atoms with E-state index in [1.54, 1.807) is 0 Å². The smallest absolute Gasteiger partial charge is 0.266 e. The van der Waals surface area contributed by atoms with Gasteiger partial charge in [-0.05, 0) is 19.2 Å². The molecule has 0 aromatic rings. The second kappa shape index (κ2) is 4.55. The number of hydrogen-bond acceptors (Lipinski definition) is 3. The zero-order valence-electron chi connectivity index (χ0n) is 5.87. The maximum absolute atomic E-state index is 10.5. The van der Waals surface area contributed by atoms with Crippen LogP contribution in [0.3, 0.4) is 0 Å². The molecule has 0 aromatic carbocycles. The molecule has 0 aliphatic carbocycles. The molecular formula is C6H11N3O. The predicted octanol–water partition coefficient (Wildman–Crippen LogP) is -0.595. The number of aliphatic imine (C=N–C) groups is 1. The third kappa shape index (κ3) is 2.86. The SMILES string of the molecule is CCN=C(C=CN)C(N)=O. The zero-order valence-corrected chi connectivity index (χ0v) is 5.87. The molecule has 0 aliphatic rings. The fraction of sp³-hybridized carbons (Fsp3) is 0.333. The molecule has 4 nitrogen and oxygen atoms in total. The van der Waals surface area contributed by atoms with Gasteiger partial charge in [0.25, 0.3) is 5.91 Å². The van der Waals surface area contributed by atoms with Crippen LogP contribution in [0.1, 0.15) is 6.92 Å². The van der Waals surface area contributed by atoms with Gasteiger partial charge in [-0.15, -0.1) is 0 Å². The summed E-state index contributed by atoms with van der Waals surface area (Å²) >= 11 is 0. The normalized spacial score (nSPS) is 12.3. The fourth-order valence-electron chi connectivity index (χ4n) is 0.474. The van der Waals surface area contributed by atoms with Crippen molar-refractivity contribution in [1.82, 2.24) is 0 Å². The summed E-state index contributed by atoms with van der Waals surface area (Å²) in [7, 11) is 0. The van der Waals surface area contributed by atoms with Crippen LogP contribution >= 0.6 is 0 Å². The Hall–Kier alpha value is -1.32. The summed E-state index contributed by atoms with van der Waals surface area (Å²) < 4.78 is 0. The number of rotatable bonds is 3. The van der Waals surface area contributed by atoms with Crippen LogP contribution in [-0.4, -0.2) is 18.2 Å². The highest BCUT2D eigenvalue weighted by Crippen LogP contribution is 1.79. The number of carbonyl (C=O) groups excluding carboxylic acids is 1. The average molecular weight is 141 g/mol. The van der Waals surface area contributed by atoms with Crippen LogP contribution in [0, 0.1) is 0 Å². The van der Waals surface area contributed by atoms with Crippen molar-refractivity contribution in [1.29, 1.82) is 0 Å². The van der Waals surface area contributed by atoms with Crippen LogP contribution in [0.2, 0.25) is 0 Å². The summed E-state index contributed by atoms with van der Waals surface area (Å²) in [4.78, 5) is 14.3. The average Bonchev–Trinajstić information content (AvgIpc) is 1.87. The molecule has 0 heterocycles. The Bertz CT molecular complexity index is 172. The van der Waals surface area contributed by atoms with Gasteiger partial charge >= 0.3 is 0 Å². The molecule has 0 atom stereocenters. The van der Waals surface area contributed by atoms with Gasteiger partial charge in [0.2, 0.25) is 0 Å². The lowest BCUT2D eigenvalue weighted by Gasteiger charge is -1.91. The molecule has 0 fully saturated rings. The van der Waals surface area contributed by atoms with E-state index in [4.69, 9.17) is 11.5 Å². The quantitative estimate of drug-likeness (QED) is 0.515. The summed E-state index contributed by atoms with van der Waals surface area (Å²) in [5.41, 5.74) is 10.2. The first kappa shape index (κ1) is 8.68. The molecular weight excluding hydrogens is 130 g/mol. The molecule has 0 unspecified atom stereocenters. The molecule has 0 bridgehead atoms. The highest BCUT2D eigenvalue weighted by atomic mass is 16.1. The Morgan fingerprint density at radius 3 is 2.60 bits per heavy atom. The van der Waals surface area contributed by atoms with Gasteiger partial charge in [0.05, 0.1) is 0 Å². The Morgan fingerprint density at radius 2 is 2.30 bits per heavy atom. The van der Waals surface area contributed by atoms with E-state index in [-0.39, 0.29) is 5.71 Å². The largest absolute Gasteiger partial charge is 0.405 e.